The van der Waals surface area contributed by atoms with Gasteiger partial charge in [0.05, 0.1) is 0 Å². The Hall–Kier alpha value is -0.0800. The highest BCUT2D eigenvalue weighted by Gasteiger charge is 2.18. The number of nitrogens with one attached hydrogen (secondary N) is 1. The minimum Gasteiger partial charge on any atom is -0.317 e. The van der Waals surface area contributed by atoms with Crippen molar-refractivity contribution in [3.63, 3.8) is 0 Å². The summed E-state index contributed by atoms with van der Waals surface area (Å²) in [5, 5.41) is 3.31. The van der Waals surface area contributed by atoms with E-state index in [9.17, 15) is 0 Å². The molecule has 0 radical (unpaired) electrons. The Morgan fingerprint density at radius 2 is 2.00 bits per heavy atom. The van der Waals surface area contributed by atoms with E-state index < -0.39 is 0 Å². The predicted molar refractivity (Wildman–Crippen MR) is 67.2 cm³/mol. The SMILES string of the molecule is CCCC1CCN(CCC(C)NC)CC1. The summed E-state index contributed by atoms with van der Waals surface area (Å²) in [4.78, 5) is 2.64. The Bertz CT molecular complexity index is 151. The molecule has 0 aromatic carbocycles. The maximum Gasteiger partial charge on any atom is 0.00479 e. The standard InChI is InChI=1S/C13H28N2/c1-4-5-13-7-10-15(11-8-13)9-6-12(2)14-3/h12-14H,4-11H2,1-3H3. The number of rotatable bonds is 6. The molecule has 0 aliphatic carbocycles. The maximum absolute atomic E-state index is 3.31. The van der Waals surface area contributed by atoms with Crippen LogP contribution in [0.3, 0.4) is 0 Å². The van der Waals surface area contributed by atoms with Crippen LogP contribution in [0.25, 0.3) is 0 Å². The Labute approximate surface area is 95.4 Å². The molecule has 1 unspecified atom stereocenters. The van der Waals surface area contributed by atoms with Crippen molar-refractivity contribution in [3.05, 3.63) is 0 Å². The maximum atomic E-state index is 3.31. The minimum absolute atomic E-state index is 0.665. The molecule has 0 bridgehead atoms. The summed E-state index contributed by atoms with van der Waals surface area (Å²) < 4.78 is 0. The second-order valence-electron chi connectivity index (χ2n) is 5.05. The van der Waals surface area contributed by atoms with Crippen molar-refractivity contribution in [2.24, 2.45) is 5.92 Å². The highest BCUT2D eigenvalue weighted by Crippen LogP contribution is 2.21. The molecule has 1 saturated heterocycles. The number of hydrogen-bond donors (Lipinski definition) is 1. The second kappa shape index (κ2) is 7.24. The fourth-order valence-corrected chi connectivity index (χ4v) is 2.43. The average Bonchev–Trinajstić information content (AvgIpc) is 2.28. The van der Waals surface area contributed by atoms with Gasteiger partial charge in [-0.3, -0.25) is 0 Å². The van der Waals surface area contributed by atoms with Crippen LogP contribution in [0.4, 0.5) is 0 Å². The first-order valence-corrected chi connectivity index (χ1v) is 6.65. The lowest BCUT2D eigenvalue weighted by atomic mass is 9.92. The molecular formula is C13H28N2. The number of piperidine rings is 1. The van der Waals surface area contributed by atoms with E-state index in [1.54, 1.807) is 0 Å². The fourth-order valence-electron chi connectivity index (χ4n) is 2.43. The lowest BCUT2D eigenvalue weighted by Gasteiger charge is -2.32. The molecule has 2 nitrogen and oxygen atoms in total. The summed E-state index contributed by atoms with van der Waals surface area (Å²) in [5.41, 5.74) is 0. The van der Waals surface area contributed by atoms with Gasteiger partial charge in [0.15, 0.2) is 0 Å². The van der Waals surface area contributed by atoms with Crippen LogP contribution in [-0.4, -0.2) is 37.6 Å². The van der Waals surface area contributed by atoms with Gasteiger partial charge in [0.2, 0.25) is 0 Å². The molecular weight excluding hydrogens is 184 g/mol. The Kier molecular flexibility index (Phi) is 6.26. The summed E-state index contributed by atoms with van der Waals surface area (Å²) in [5.74, 6) is 1.02. The zero-order chi connectivity index (χ0) is 11.1. The number of hydrogen-bond acceptors (Lipinski definition) is 2. The van der Waals surface area contributed by atoms with Gasteiger partial charge in [-0.1, -0.05) is 19.8 Å². The molecule has 1 rings (SSSR count). The topological polar surface area (TPSA) is 15.3 Å². The zero-order valence-electron chi connectivity index (χ0n) is 10.8. The van der Waals surface area contributed by atoms with Gasteiger partial charge < -0.3 is 10.2 Å². The summed E-state index contributed by atoms with van der Waals surface area (Å²) in [6.45, 7) is 8.52. The van der Waals surface area contributed by atoms with E-state index in [-0.39, 0.29) is 0 Å². The molecule has 0 aromatic rings. The molecule has 15 heavy (non-hydrogen) atoms. The largest absolute Gasteiger partial charge is 0.317 e. The van der Waals surface area contributed by atoms with Gasteiger partial charge in [0.25, 0.3) is 0 Å². The highest BCUT2D eigenvalue weighted by molar-refractivity contribution is 4.73. The summed E-state index contributed by atoms with van der Waals surface area (Å²) in [7, 11) is 2.05. The van der Waals surface area contributed by atoms with Gasteiger partial charge in [0, 0.05) is 6.04 Å². The molecule has 0 saturated carbocycles. The summed E-state index contributed by atoms with van der Waals surface area (Å²) in [6.07, 6.45) is 6.96. The summed E-state index contributed by atoms with van der Waals surface area (Å²) in [6, 6.07) is 0.665. The molecule has 1 fully saturated rings. The third-order valence-electron chi connectivity index (χ3n) is 3.78. The second-order valence-corrected chi connectivity index (χ2v) is 5.05. The van der Waals surface area contributed by atoms with Crippen molar-refractivity contribution in [3.8, 4) is 0 Å². The fraction of sp³-hybridized carbons (Fsp3) is 1.00. The Morgan fingerprint density at radius 1 is 1.33 bits per heavy atom. The Balaban J connectivity index is 2.09. The quantitative estimate of drug-likeness (QED) is 0.728. The average molecular weight is 212 g/mol. The van der Waals surface area contributed by atoms with Crippen LogP contribution in [0.2, 0.25) is 0 Å². The molecule has 1 aliphatic rings. The van der Waals surface area contributed by atoms with Crippen LogP contribution in [0.15, 0.2) is 0 Å². The predicted octanol–water partition coefficient (Wildman–Crippen LogP) is 2.50. The van der Waals surface area contributed by atoms with Gasteiger partial charge in [0.1, 0.15) is 0 Å². The van der Waals surface area contributed by atoms with Gasteiger partial charge in [-0.25, -0.2) is 0 Å². The van der Waals surface area contributed by atoms with Crippen molar-refractivity contribution in [2.75, 3.05) is 26.7 Å². The van der Waals surface area contributed by atoms with Crippen molar-refractivity contribution < 1.29 is 0 Å². The van der Waals surface area contributed by atoms with Crippen molar-refractivity contribution in [1.29, 1.82) is 0 Å². The van der Waals surface area contributed by atoms with Crippen molar-refractivity contribution >= 4 is 0 Å². The first-order valence-electron chi connectivity index (χ1n) is 6.65. The van der Waals surface area contributed by atoms with Gasteiger partial charge >= 0.3 is 0 Å². The minimum atomic E-state index is 0.665. The van der Waals surface area contributed by atoms with E-state index in [0.29, 0.717) is 6.04 Å². The first-order chi connectivity index (χ1) is 7.26. The molecule has 0 spiro atoms. The van der Waals surface area contributed by atoms with E-state index in [4.69, 9.17) is 0 Å². The van der Waals surface area contributed by atoms with Crippen LogP contribution in [0, 0.1) is 5.92 Å². The van der Waals surface area contributed by atoms with E-state index >= 15 is 0 Å². The van der Waals surface area contributed by atoms with Crippen LogP contribution >= 0.6 is 0 Å². The summed E-state index contributed by atoms with van der Waals surface area (Å²) >= 11 is 0. The van der Waals surface area contributed by atoms with Crippen LogP contribution in [0.5, 0.6) is 0 Å². The highest BCUT2D eigenvalue weighted by atomic mass is 15.1. The molecule has 1 atom stereocenters. The van der Waals surface area contributed by atoms with E-state index in [0.717, 1.165) is 5.92 Å². The lowest BCUT2D eigenvalue weighted by molar-refractivity contribution is 0.173. The lowest BCUT2D eigenvalue weighted by Crippen LogP contribution is -2.36. The third-order valence-corrected chi connectivity index (χ3v) is 3.78. The zero-order valence-corrected chi connectivity index (χ0v) is 10.8. The normalized spacial score (nSPS) is 21.8. The first kappa shape index (κ1) is 13.0. The third kappa shape index (κ3) is 4.98. The molecule has 1 N–H and O–H groups in total. The van der Waals surface area contributed by atoms with Crippen LogP contribution < -0.4 is 5.32 Å². The van der Waals surface area contributed by atoms with Crippen molar-refractivity contribution in [1.82, 2.24) is 10.2 Å². The molecule has 0 amide bonds. The van der Waals surface area contributed by atoms with Crippen molar-refractivity contribution in [2.45, 2.75) is 52.0 Å². The molecule has 90 valence electrons. The van der Waals surface area contributed by atoms with Gasteiger partial charge in [-0.05, 0) is 58.8 Å². The van der Waals surface area contributed by atoms with E-state index in [2.05, 4.69) is 31.1 Å². The van der Waals surface area contributed by atoms with Crippen LogP contribution in [-0.2, 0) is 0 Å². The molecule has 2 heteroatoms. The van der Waals surface area contributed by atoms with Gasteiger partial charge in [-0.2, -0.15) is 0 Å². The van der Waals surface area contributed by atoms with E-state index in [1.165, 1.54) is 51.7 Å². The molecule has 0 aromatic heterocycles. The Morgan fingerprint density at radius 3 is 2.53 bits per heavy atom. The smallest absolute Gasteiger partial charge is 0.00479 e. The van der Waals surface area contributed by atoms with E-state index in [1.807, 2.05) is 0 Å². The monoisotopic (exact) mass is 212 g/mol. The van der Waals surface area contributed by atoms with Gasteiger partial charge in [-0.15, -0.1) is 0 Å². The molecule has 1 aliphatic heterocycles. The van der Waals surface area contributed by atoms with Crippen LogP contribution in [0.1, 0.15) is 46.0 Å². The number of likely N-dealkylation sites (tertiary alicyclic amines) is 1. The molecule has 1 heterocycles. The number of nitrogens with zero attached hydrogens (tertiary/aromatic N) is 1.